The number of aliphatic hydroxyl groups is 1. The Morgan fingerprint density at radius 3 is 2.67 bits per heavy atom. The van der Waals surface area contributed by atoms with Crippen molar-refractivity contribution in [2.24, 2.45) is 0 Å². The van der Waals surface area contributed by atoms with Crippen molar-refractivity contribution in [2.45, 2.75) is 64.8 Å². The van der Waals surface area contributed by atoms with Crippen molar-refractivity contribution in [3.63, 3.8) is 0 Å². The summed E-state index contributed by atoms with van der Waals surface area (Å²) in [4.78, 5) is 34.1. The van der Waals surface area contributed by atoms with Crippen LogP contribution >= 0.6 is 0 Å². The van der Waals surface area contributed by atoms with E-state index in [4.69, 9.17) is 23.9 Å². The highest BCUT2D eigenvalue weighted by molar-refractivity contribution is 6.02. The maximum Gasteiger partial charge on any atom is 0.419 e. The Hall–Kier alpha value is -3.54. The van der Waals surface area contributed by atoms with Crippen molar-refractivity contribution >= 4 is 28.7 Å². The standard InChI is InChI=1S/C28H36N4O7/c1-17(33)7-9-38-19-11-22(31-24(12-19)28(36-6)8-10-37-16-28)21-15-32(26(35)39-27(3,4)5)23-14-29-25(13-20(21)23)30-18(2)34/h11-15,17,33H,7-10,16H2,1-6H3,(H,29,30,34). The Balaban J connectivity index is 1.90. The lowest BCUT2D eigenvalue weighted by atomic mass is 9.96. The van der Waals surface area contributed by atoms with E-state index in [1.807, 2.05) is 6.07 Å². The molecular weight excluding hydrogens is 504 g/mol. The number of fused-ring (bicyclic) bond motifs is 1. The molecule has 1 aliphatic rings. The van der Waals surface area contributed by atoms with Gasteiger partial charge in [-0.3, -0.25) is 9.36 Å². The van der Waals surface area contributed by atoms with Gasteiger partial charge in [-0.1, -0.05) is 0 Å². The van der Waals surface area contributed by atoms with Crippen molar-refractivity contribution in [3.8, 4) is 17.0 Å². The summed E-state index contributed by atoms with van der Waals surface area (Å²) in [7, 11) is 1.62. The lowest BCUT2D eigenvalue weighted by Gasteiger charge is -2.26. The van der Waals surface area contributed by atoms with Gasteiger partial charge in [-0.15, -0.1) is 0 Å². The van der Waals surface area contributed by atoms with E-state index in [9.17, 15) is 14.7 Å². The zero-order valence-electron chi connectivity index (χ0n) is 23.2. The Morgan fingerprint density at radius 2 is 2.05 bits per heavy atom. The van der Waals surface area contributed by atoms with Crippen molar-refractivity contribution in [1.82, 2.24) is 14.5 Å². The van der Waals surface area contributed by atoms with Gasteiger partial charge in [0.15, 0.2) is 0 Å². The molecule has 2 unspecified atom stereocenters. The summed E-state index contributed by atoms with van der Waals surface area (Å²) in [5.74, 6) is 0.598. The van der Waals surface area contributed by atoms with Crippen LogP contribution in [-0.4, -0.2) is 70.3 Å². The number of amides is 1. The topological polar surface area (TPSA) is 134 Å². The van der Waals surface area contributed by atoms with Crippen molar-refractivity contribution < 1.29 is 33.6 Å². The van der Waals surface area contributed by atoms with Gasteiger partial charge in [-0.2, -0.15) is 0 Å². The van der Waals surface area contributed by atoms with Crippen LogP contribution in [0.1, 0.15) is 53.2 Å². The van der Waals surface area contributed by atoms with Gasteiger partial charge in [-0.25, -0.2) is 14.8 Å². The van der Waals surface area contributed by atoms with Gasteiger partial charge in [0.2, 0.25) is 5.91 Å². The van der Waals surface area contributed by atoms with Crippen LogP contribution in [0.25, 0.3) is 22.2 Å². The summed E-state index contributed by atoms with van der Waals surface area (Å²) < 4.78 is 24.6. The van der Waals surface area contributed by atoms with E-state index in [1.54, 1.807) is 53.1 Å². The number of nitrogens with one attached hydrogen (secondary N) is 1. The number of hydrogen-bond donors (Lipinski definition) is 2. The SMILES string of the molecule is COC1(c2cc(OCCC(C)O)cc(-c3cn(C(=O)OC(C)(C)C)c4cnc(NC(C)=O)cc34)n2)CCOC1. The van der Waals surface area contributed by atoms with E-state index in [1.165, 1.54) is 17.7 Å². The van der Waals surface area contributed by atoms with Gasteiger partial charge in [-0.05, 0) is 33.8 Å². The predicted molar refractivity (Wildman–Crippen MR) is 145 cm³/mol. The Morgan fingerprint density at radius 1 is 1.28 bits per heavy atom. The van der Waals surface area contributed by atoms with Gasteiger partial charge in [0.25, 0.3) is 0 Å². The number of anilines is 1. The largest absolute Gasteiger partial charge is 0.493 e. The van der Waals surface area contributed by atoms with Crippen LogP contribution in [0.5, 0.6) is 5.75 Å². The highest BCUT2D eigenvalue weighted by Gasteiger charge is 2.39. The maximum absolute atomic E-state index is 13.2. The zero-order chi connectivity index (χ0) is 28.4. The molecule has 3 aromatic rings. The fourth-order valence-corrected chi connectivity index (χ4v) is 4.36. The molecule has 1 amide bonds. The summed E-state index contributed by atoms with van der Waals surface area (Å²) >= 11 is 0. The molecule has 1 saturated heterocycles. The fourth-order valence-electron chi connectivity index (χ4n) is 4.36. The minimum absolute atomic E-state index is 0.271. The number of carbonyl (C=O) groups excluding carboxylic acids is 2. The molecule has 1 fully saturated rings. The van der Waals surface area contributed by atoms with Gasteiger partial charge >= 0.3 is 6.09 Å². The average Bonchev–Trinajstić information content (AvgIpc) is 3.48. The third-order valence-corrected chi connectivity index (χ3v) is 6.31. The average molecular weight is 541 g/mol. The molecule has 1 aliphatic heterocycles. The molecule has 3 aromatic heterocycles. The normalized spacial score (nSPS) is 18.2. The van der Waals surface area contributed by atoms with E-state index >= 15 is 0 Å². The van der Waals surface area contributed by atoms with Gasteiger partial charge in [0.05, 0.1) is 42.4 Å². The van der Waals surface area contributed by atoms with Crippen molar-refractivity contribution in [2.75, 3.05) is 32.2 Å². The molecule has 11 heteroatoms. The Labute approximate surface area is 227 Å². The van der Waals surface area contributed by atoms with Gasteiger partial charge < -0.3 is 29.4 Å². The molecule has 0 aromatic carbocycles. The first-order chi connectivity index (χ1) is 18.4. The molecule has 0 spiro atoms. The molecule has 4 heterocycles. The molecule has 210 valence electrons. The number of rotatable bonds is 8. The van der Waals surface area contributed by atoms with E-state index in [0.29, 0.717) is 72.1 Å². The van der Waals surface area contributed by atoms with E-state index in [2.05, 4.69) is 10.3 Å². The van der Waals surface area contributed by atoms with Crippen molar-refractivity contribution in [1.29, 1.82) is 0 Å². The second-order valence-electron chi connectivity index (χ2n) is 10.7. The molecule has 39 heavy (non-hydrogen) atoms. The van der Waals surface area contributed by atoms with Crippen LogP contribution in [-0.2, 0) is 24.6 Å². The molecule has 0 aliphatic carbocycles. The second kappa shape index (κ2) is 11.3. The quantitative estimate of drug-likeness (QED) is 0.430. The van der Waals surface area contributed by atoms with Crippen LogP contribution in [0.4, 0.5) is 10.6 Å². The van der Waals surface area contributed by atoms with Gasteiger partial charge in [0.1, 0.15) is 22.8 Å². The first-order valence-corrected chi connectivity index (χ1v) is 12.9. The van der Waals surface area contributed by atoms with Crippen LogP contribution in [0.3, 0.4) is 0 Å². The van der Waals surface area contributed by atoms with Crippen LogP contribution in [0.2, 0.25) is 0 Å². The predicted octanol–water partition coefficient (Wildman–Crippen LogP) is 4.25. The van der Waals surface area contributed by atoms with E-state index in [-0.39, 0.29) is 5.91 Å². The lowest BCUT2D eigenvalue weighted by molar-refractivity contribution is -0.114. The van der Waals surface area contributed by atoms with Gasteiger partial charge in [0, 0.05) is 62.8 Å². The monoisotopic (exact) mass is 540 g/mol. The number of pyridine rings is 2. The summed E-state index contributed by atoms with van der Waals surface area (Å²) in [6.07, 6.45) is 3.15. The lowest BCUT2D eigenvalue weighted by Crippen LogP contribution is -2.30. The van der Waals surface area contributed by atoms with Crippen molar-refractivity contribution in [3.05, 3.63) is 36.3 Å². The Kier molecular flexibility index (Phi) is 8.24. The minimum atomic E-state index is -0.759. The summed E-state index contributed by atoms with van der Waals surface area (Å²) in [5.41, 5.74) is 0.773. The molecule has 0 saturated carbocycles. The third kappa shape index (κ3) is 6.55. The first kappa shape index (κ1) is 28.5. The van der Waals surface area contributed by atoms with Crippen LogP contribution < -0.4 is 10.1 Å². The highest BCUT2D eigenvalue weighted by Crippen LogP contribution is 2.38. The Bertz CT molecular complexity index is 1350. The summed E-state index contributed by atoms with van der Waals surface area (Å²) in [6, 6.07) is 5.29. The molecule has 2 N–H and O–H groups in total. The summed E-state index contributed by atoms with van der Waals surface area (Å²) in [6.45, 7) is 9.64. The number of methoxy groups -OCH3 is 1. The first-order valence-electron chi connectivity index (χ1n) is 12.9. The van der Waals surface area contributed by atoms with Crippen LogP contribution in [0.15, 0.2) is 30.6 Å². The molecule has 11 nitrogen and oxygen atoms in total. The third-order valence-electron chi connectivity index (χ3n) is 6.31. The fraction of sp³-hybridized carbons (Fsp3) is 0.500. The second-order valence-corrected chi connectivity index (χ2v) is 10.7. The number of hydrogen-bond acceptors (Lipinski definition) is 9. The number of aliphatic hydroxyl groups excluding tert-OH is 1. The smallest absolute Gasteiger partial charge is 0.419 e. The number of ether oxygens (including phenoxy) is 4. The van der Waals surface area contributed by atoms with Crippen LogP contribution in [0, 0.1) is 0 Å². The molecule has 0 radical (unpaired) electrons. The summed E-state index contributed by atoms with van der Waals surface area (Å²) in [5, 5.41) is 13.0. The maximum atomic E-state index is 13.2. The van der Waals surface area contributed by atoms with E-state index in [0.717, 1.165) is 0 Å². The molecule has 0 bridgehead atoms. The molecule has 4 rings (SSSR count). The number of carbonyl (C=O) groups is 2. The number of aromatic nitrogens is 3. The molecular formula is C28H36N4O7. The minimum Gasteiger partial charge on any atom is -0.493 e. The number of nitrogens with zero attached hydrogens (tertiary/aromatic N) is 3. The zero-order valence-corrected chi connectivity index (χ0v) is 23.2. The van der Waals surface area contributed by atoms with E-state index < -0.39 is 23.4 Å². The highest BCUT2D eigenvalue weighted by atomic mass is 16.6. The molecule has 2 atom stereocenters.